The summed E-state index contributed by atoms with van der Waals surface area (Å²) >= 11 is 0. The van der Waals surface area contributed by atoms with E-state index in [0.29, 0.717) is 0 Å². The molecular formula is C14H29P. The SMILES string of the molecule is CC=CPCCCCCCCCCCC. The summed E-state index contributed by atoms with van der Waals surface area (Å²) in [5.41, 5.74) is 0. The minimum atomic E-state index is 1.06. The molecule has 0 nitrogen and oxygen atoms in total. The highest BCUT2D eigenvalue weighted by Crippen LogP contribution is 2.16. The highest BCUT2D eigenvalue weighted by Gasteiger charge is 1.91. The summed E-state index contributed by atoms with van der Waals surface area (Å²) in [4.78, 5) is 0. The number of hydrogen-bond acceptors (Lipinski definition) is 0. The van der Waals surface area contributed by atoms with Gasteiger partial charge in [-0.2, -0.15) is 0 Å². The van der Waals surface area contributed by atoms with Crippen LogP contribution in [0.25, 0.3) is 0 Å². The Hall–Kier alpha value is 0.170. The molecule has 0 aliphatic rings. The van der Waals surface area contributed by atoms with E-state index >= 15 is 0 Å². The predicted molar refractivity (Wildman–Crippen MR) is 75.2 cm³/mol. The number of hydrogen-bond donors (Lipinski definition) is 0. The van der Waals surface area contributed by atoms with Gasteiger partial charge in [0.15, 0.2) is 0 Å². The molecular weight excluding hydrogens is 199 g/mol. The van der Waals surface area contributed by atoms with Gasteiger partial charge in [-0.1, -0.05) is 78.8 Å². The standard InChI is InChI=1S/C14H29P/c1-3-5-6-7-8-9-10-11-12-14-15-13-4-2/h4,13,15H,3,5-12,14H2,1-2H3. The number of unbranched alkanes of at least 4 members (excludes halogenated alkanes) is 8. The van der Waals surface area contributed by atoms with Crippen LogP contribution in [0.3, 0.4) is 0 Å². The van der Waals surface area contributed by atoms with Crippen molar-refractivity contribution in [2.24, 2.45) is 0 Å². The quantitative estimate of drug-likeness (QED) is 0.313. The van der Waals surface area contributed by atoms with Crippen molar-refractivity contribution in [1.29, 1.82) is 0 Å². The average molecular weight is 228 g/mol. The van der Waals surface area contributed by atoms with Crippen LogP contribution in [-0.2, 0) is 0 Å². The van der Waals surface area contributed by atoms with Crippen molar-refractivity contribution in [3.63, 3.8) is 0 Å². The minimum Gasteiger partial charge on any atom is -0.0988 e. The molecule has 0 saturated carbocycles. The van der Waals surface area contributed by atoms with Crippen molar-refractivity contribution in [1.82, 2.24) is 0 Å². The molecule has 15 heavy (non-hydrogen) atoms. The Labute approximate surface area is 98.7 Å². The monoisotopic (exact) mass is 228 g/mol. The van der Waals surface area contributed by atoms with E-state index in [-0.39, 0.29) is 0 Å². The first kappa shape index (κ1) is 15.2. The Morgan fingerprint density at radius 3 is 1.87 bits per heavy atom. The van der Waals surface area contributed by atoms with Gasteiger partial charge in [-0.25, -0.2) is 0 Å². The van der Waals surface area contributed by atoms with Crippen LogP contribution in [0.1, 0.15) is 71.6 Å². The molecule has 0 radical (unpaired) electrons. The van der Waals surface area contributed by atoms with Gasteiger partial charge in [-0.3, -0.25) is 0 Å². The van der Waals surface area contributed by atoms with Gasteiger partial charge < -0.3 is 0 Å². The van der Waals surface area contributed by atoms with Crippen LogP contribution in [0, 0.1) is 0 Å². The lowest BCUT2D eigenvalue weighted by atomic mass is 10.1. The van der Waals surface area contributed by atoms with Crippen LogP contribution in [0.4, 0.5) is 0 Å². The molecule has 0 aromatic rings. The Morgan fingerprint density at radius 1 is 0.800 bits per heavy atom. The third kappa shape index (κ3) is 14.2. The van der Waals surface area contributed by atoms with E-state index < -0.39 is 0 Å². The molecule has 1 unspecified atom stereocenters. The molecule has 0 aromatic heterocycles. The zero-order chi connectivity index (χ0) is 11.2. The molecule has 0 spiro atoms. The normalized spacial score (nSPS) is 12.1. The molecule has 0 saturated heterocycles. The lowest BCUT2D eigenvalue weighted by Crippen LogP contribution is -1.81. The molecule has 0 amide bonds. The van der Waals surface area contributed by atoms with Gasteiger partial charge in [-0.05, 0) is 19.5 Å². The lowest BCUT2D eigenvalue weighted by Gasteiger charge is -2.01. The topological polar surface area (TPSA) is 0 Å². The summed E-state index contributed by atoms with van der Waals surface area (Å²) in [5.74, 6) is 2.31. The fraction of sp³-hybridized carbons (Fsp3) is 0.857. The van der Waals surface area contributed by atoms with Crippen LogP contribution >= 0.6 is 8.58 Å². The molecule has 90 valence electrons. The molecule has 0 rings (SSSR count). The molecule has 0 aliphatic heterocycles. The second kappa shape index (κ2) is 14.2. The molecule has 1 atom stereocenters. The number of rotatable bonds is 11. The first-order valence-corrected chi connectivity index (χ1v) is 8.04. The highest BCUT2D eigenvalue weighted by molar-refractivity contribution is 7.41. The smallest absolute Gasteiger partial charge is 0.0319 e. The van der Waals surface area contributed by atoms with Gasteiger partial charge in [0, 0.05) is 0 Å². The van der Waals surface area contributed by atoms with Crippen molar-refractivity contribution >= 4 is 8.58 Å². The van der Waals surface area contributed by atoms with Gasteiger partial charge in [0.2, 0.25) is 0 Å². The zero-order valence-corrected chi connectivity index (χ0v) is 11.7. The van der Waals surface area contributed by atoms with Crippen molar-refractivity contribution in [2.45, 2.75) is 71.6 Å². The second-order valence-corrected chi connectivity index (χ2v) is 5.52. The van der Waals surface area contributed by atoms with Gasteiger partial charge in [0.25, 0.3) is 0 Å². The van der Waals surface area contributed by atoms with E-state index in [1.807, 2.05) is 0 Å². The van der Waals surface area contributed by atoms with Crippen LogP contribution in [0.15, 0.2) is 11.9 Å². The Morgan fingerprint density at radius 2 is 1.33 bits per heavy atom. The summed E-state index contributed by atoms with van der Waals surface area (Å²) in [6, 6.07) is 0. The average Bonchev–Trinajstić information content (AvgIpc) is 2.26. The Bertz CT molecular complexity index is 129. The first-order chi connectivity index (χ1) is 7.41. The summed E-state index contributed by atoms with van der Waals surface area (Å²) in [6.45, 7) is 4.40. The molecule has 0 heterocycles. The Balaban J connectivity index is 2.86. The fourth-order valence-electron chi connectivity index (χ4n) is 1.74. The van der Waals surface area contributed by atoms with Gasteiger partial charge in [0.05, 0.1) is 0 Å². The van der Waals surface area contributed by atoms with Crippen molar-refractivity contribution in [3.8, 4) is 0 Å². The summed E-state index contributed by atoms with van der Waals surface area (Å²) in [6.07, 6.45) is 16.6. The predicted octanol–water partition coefficient (Wildman–Crippen LogP) is 5.73. The van der Waals surface area contributed by atoms with E-state index in [9.17, 15) is 0 Å². The third-order valence-electron chi connectivity index (χ3n) is 2.71. The maximum Gasteiger partial charge on any atom is -0.0319 e. The fourth-order valence-corrected chi connectivity index (χ4v) is 2.60. The molecule has 0 aliphatic carbocycles. The third-order valence-corrected chi connectivity index (χ3v) is 3.92. The van der Waals surface area contributed by atoms with E-state index in [2.05, 4.69) is 25.7 Å². The van der Waals surface area contributed by atoms with Crippen molar-refractivity contribution in [3.05, 3.63) is 11.9 Å². The van der Waals surface area contributed by atoms with E-state index in [4.69, 9.17) is 0 Å². The molecule has 0 bridgehead atoms. The van der Waals surface area contributed by atoms with Gasteiger partial charge in [-0.15, -0.1) is 0 Å². The summed E-state index contributed by atoms with van der Waals surface area (Å²) < 4.78 is 0. The van der Waals surface area contributed by atoms with Crippen LogP contribution in [-0.4, -0.2) is 6.16 Å². The summed E-state index contributed by atoms with van der Waals surface area (Å²) in [5, 5.41) is 0. The molecule has 0 aromatic carbocycles. The second-order valence-electron chi connectivity index (χ2n) is 4.28. The minimum absolute atomic E-state index is 1.06. The van der Waals surface area contributed by atoms with Crippen LogP contribution < -0.4 is 0 Å². The van der Waals surface area contributed by atoms with Gasteiger partial charge >= 0.3 is 0 Å². The van der Waals surface area contributed by atoms with Crippen molar-refractivity contribution in [2.75, 3.05) is 6.16 Å². The maximum atomic E-state index is 2.31. The van der Waals surface area contributed by atoms with Crippen molar-refractivity contribution < 1.29 is 0 Å². The first-order valence-electron chi connectivity index (χ1n) is 6.76. The van der Waals surface area contributed by atoms with E-state index in [1.165, 1.54) is 63.9 Å². The highest BCUT2D eigenvalue weighted by atomic mass is 31.1. The summed E-state index contributed by atoms with van der Waals surface area (Å²) in [7, 11) is 1.06. The zero-order valence-electron chi connectivity index (χ0n) is 10.7. The van der Waals surface area contributed by atoms with E-state index in [0.717, 1.165) is 8.58 Å². The molecule has 0 N–H and O–H groups in total. The van der Waals surface area contributed by atoms with Gasteiger partial charge in [0.1, 0.15) is 0 Å². The Kier molecular flexibility index (Phi) is 14.3. The lowest BCUT2D eigenvalue weighted by molar-refractivity contribution is 0.573. The molecule has 1 heteroatoms. The van der Waals surface area contributed by atoms with Crippen LogP contribution in [0.2, 0.25) is 0 Å². The van der Waals surface area contributed by atoms with E-state index in [1.54, 1.807) is 0 Å². The maximum absolute atomic E-state index is 2.31. The molecule has 0 fully saturated rings. The largest absolute Gasteiger partial charge is 0.0988 e. The van der Waals surface area contributed by atoms with Crippen LogP contribution in [0.5, 0.6) is 0 Å². The number of allylic oxidation sites excluding steroid dienone is 1.